The molecule has 8 heteroatoms. The summed E-state index contributed by atoms with van der Waals surface area (Å²) in [6.45, 7) is 0.364. The number of rotatable bonds is 5. The number of hydrogen-bond donors (Lipinski definition) is 3. The number of aryl methyl sites for hydroxylation is 2. The van der Waals surface area contributed by atoms with E-state index >= 15 is 0 Å². The Labute approximate surface area is 171 Å². The lowest BCUT2D eigenvalue weighted by Gasteiger charge is -2.08. The van der Waals surface area contributed by atoms with Crippen LogP contribution in [0.4, 0.5) is 11.4 Å². The number of nitrogens with zero attached hydrogens (tertiary/aromatic N) is 1. The third-order valence-electron chi connectivity index (χ3n) is 4.03. The molecule has 0 spiro atoms. The molecule has 0 bridgehead atoms. The number of nitrogens with one attached hydrogen (secondary N) is 2. The highest BCUT2D eigenvalue weighted by molar-refractivity contribution is 14.0. The van der Waals surface area contributed by atoms with Gasteiger partial charge >= 0.3 is 0 Å². The summed E-state index contributed by atoms with van der Waals surface area (Å²) in [7, 11) is -3.29. The quantitative estimate of drug-likeness (QED) is 0.344. The molecule has 0 unspecified atom stereocenters. The van der Waals surface area contributed by atoms with Crippen LogP contribution in [0.25, 0.3) is 0 Å². The van der Waals surface area contributed by atoms with E-state index in [-0.39, 0.29) is 24.0 Å². The minimum absolute atomic E-state index is 0. The Kier molecular flexibility index (Phi) is 6.87. The molecule has 1 aliphatic rings. The fourth-order valence-corrected chi connectivity index (χ4v) is 3.52. The molecule has 0 fully saturated rings. The number of anilines is 2. The Morgan fingerprint density at radius 1 is 1.12 bits per heavy atom. The molecule has 2 aromatic rings. The van der Waals surface area contributed by atoms with Crippen LogP contribution < -0.4 is 15.8 Å². The summed E-state index contributed by atoms with van der Waals surface area (Å²) in [5.41, 5.74) is 11.1. The molecule has 0 amide bonds. The van der Waals surface area contributed by atoms with E-state index in [1.165, 1.54) is 17.5 Å². The number of aliphatic imine (C=N–C) groups is 1. The molecule has 0 atom stereocenters. The van der Waals surface area contributed by atoms with Crippen LogP contribution >= 0.6 is 24.0 Å². The summed E-state index contributed by atoms with van der Waals surface area (Å²) < 4.78 is 25.0. The van der Waals surface area contributed by atoms with E-state index in [9.17, 15) is 8.42 Å². The van der Waals surface area contributed by atoms with Crippen molar-refractivity contribution in [1.82, 2.24) is 0 Å². The van der Waals surface area contributed by atoms with Gasteiger partial charge in [0.05, 0.1) is 12.8 Å². The molecule has 140 valence electrons. The maximum absolute atomic E-state index is 11.3. The highest BCUT2D eigenvalue weighted by Gasteiger charge is 2.10. The average molecular weight is 486 g/mol. The SMILES string of the molecule is CS(=O)(=O)Nc1cccc(CN=C(N)Nc2ccc3c(c2)CCC3)c1.I. The zero-order valence-corrected chi connectivity index (χ0v) is 17.7. The number of guanidine groups is 1. The maximum atomic E-state index is 11.3. The van der Waals surface area contributed by atoms with Gasteiger partial charge in [0.1, 0.15) is 0 Å². The van der Waals surface area contributed by atoms with Crippen molar-refractivity contribution in [3.05, 3.63) is 59.2 Å². The monoisotopic (exact) mass is 486 g/mol. The van der Waals surface area contributed by atoms with Crippen LogP contribution in [0.1, 0.15) is 23.1 Å². The third-order valence-corrected chi connectivity index (χ3v) is 4.64. The van der Waals surface area contributed by atoms with Crippen molar-refractivity contribution in [2.75, 3.05) is 16.3 Å². The summed E-state index contributed by atoms with van der Waals surface area (Å²) in [5, 5.41) is 3.11. The lowest BCUT2D eigenvalue weighted by Crippen LogP contribution is -2.22. The Bertz CT molecular complexity index is 913. The first-order valence-electron chi connectivity index (χ1n) is 8.14. The maximum Gasteiger partial charge on any atom is 0.229 e. The van der Waals surface area contributed by atoms with Gasteiger partial charge < -0.3 is 11.1 Å². The van der Waals surface area contributed by atoms with Crippen molar-refractivity contribution in [1.29, 1.82) is 0 Å². The first-order chi connectivity index (χ1) is 11.9. The zero-order valence-electron chi connectivity index (χ0n) is 14.5. The topological polar surface area (TPSA) is 96.6 Å². The molecule has 3 rings (SSSR count). The van der Waals surface area contributed by atoms with Crippen LogP contribution in [0.15, 0.2) is 47.5 Å². The second kappa shape index (κ2) is 8.72. The van der Waals surface area contributed by atoms with Crippen molar-refractivity contribution in [3.8, 4) is 0 Å². The van der Waals surface area contributed by atoms with Crippen molar-refractivity contribution in [3.63, 3.8) is 0 Å². The first-order valence-corrected chi connectivity index (χ1v) is 10.0. The molecule has 1 aliphatic carbocycles. The molecule has 6 nitrogen and oxygen atoms in total. The van der Waals surface area contributed by atoms with Crippen LogP contribution in [-0.4, -0.2) is 20.6 Å². The Hall–Kier alpha value is -1.81. The predicted octanol–water partition coefficient (Wildman–Crippen LogP) is 3.09. The van der Waals surface area contributed by atoms with Gasteiger partial charge in [0.2, 0.25) is 10.0 Å². The van der Waals surface area contributed by atoms with Crippen molar-refractivity contribution in [2.45, 2.75) is 25.8 Å². The number of nitrogens with two attached hydrogens (primary N) is 1. The Morgan fingerprint density at radius 3 is 2.65 bits per heavy atom. The van der Waals surface area contributed by atoms with E-state index in [0.29, 0.717) is 18.2 Å². The van der Waals surface area contributed by atoms with Crippen LogP contribution in [0.2, 0.25) is 0 Å². The summed E-state index contributed by atoms with van der Waals surface area (Å²) in [5.74, 6) is 0.333. The van der Waals surface area contributed by atoms with E-state index in [1.807, 2.05) is 12.1 Å². The van der Waals surface area contributed by atoms with E-state index in [4.69, 9.17) is 5.73 Å². The van der Waals surface area contributed by atoms with Crippen molar-refractivity contribution >= 4 is 51.3 Å². The molecule has 2 aromatic carbocycles. The largest absolute Gasteiger partial charge is 0.370 e. The lowest BCUT2D eigenvalue weighted by atomic mass is 10.1. The fourth-order valence-electron chi connectivity index (χ4n) is 2.96. The predicted molar refractivity (Wildman–Crippen MR) is 118 cm³/mol. The summed E-state index contributed by atoms with van der Waals surface area (Å²) >= 11 is 0. The van der Waals surface area contributed by atoms with Gasteiger partial charge in [0, 0.05) is 11.4 Å². The van der Waals surface area contributed by atoms with Gasteiger partial charge in [0.15, 0.2) is 5.96 Å². The number of hydrogen-bond acceptors (Lipinski definition) is 3. The average Bonchev–Trinajstić information content (AvgIpc) is 2.99. The van der Waals surface area contributed by atoms with Crippen LogP contribution in [0.3, 0.4) is 0 Å². The fraction of sp³-hybridized carbons (Fsp3) is 0.278. The molecule has 0 radical (unpaired) electrons. The number of sulfonamides is 1. The molecule has 0 aromatic heterocycles. The van der Waals surface area contributed by atoms with Gasteiger partial charge in [-0.1, -0.05) is 18.2 Å². The molecule has 0 heterocycles. The number of benzene rings is 2. The van der Waals surface area contributed by atoms with Crippen LogP contribution in [0, 0.1) is 0 Å². The van der Waals surface area contributed by atoms with E-state index in [1.54, 1.807) is 18.2 Å². The van der Waals surface area contributed by atoms with Gasteiger partial charge in [-0.3, -0.25) is 4.72 Å². The highest BCUT2D eigenvalue weighted by Crippen LogP contribution is 2.24. The van der Waals surface area contributed by atoms with Gasteiger partial charge in [-0.2, -0.15) is 0 Å². The normalized spacial score (nSPS) is 13.7. The molecular formula is C18H23IN4O2S. The Balaban J connectivity index is 0.00000243. The number of fused-ring (bicyclic) bond motifs is 1. The second-order valence-corrected chi connectivity index (χ2v) is 7.99. The summed E-state index contributed by atoms with van der Waals surface area (Å²) in [4.78, 5) is 4.33. The lowest BCUT2D eigenvalue weighted by molar-refractivity contribution is 0.607. The van der Waals surface area contributed by atoms with Crippen molar-refractivity contribution in [2.24, 2.45) is 10.7 Å². The molecular weight excluding hydrogens is 463 g/mol. The second-order valence-electron chi connectivity index (χ2n) is 6.24. The smallest absolute Gasteiger partial charge is 0.229 e. The van der Waals surface area contributed by atoms with E-state index < -0.39 is 10.0 Å². The van der Waals surface area contributed by atoms with Crippen LogP contribution in [0.5, 0.6) is 0 Å². The van der Waals surface area contributed by atoms with Gasteiger partial charge in [0.25, 0.3) is 0 Å². The minimum Gasteiger partial charge on any atom is -0.370 e. The van der Waals surface area contributed by atoms with Crippen LogP contribution in [-0.2, 0) is 29.4 Å². The summed E-state index contributed by atoms with van der Waals surface area (Å²) in [6.07, 6.45) is 4.59. The molecule has 0 saturated carbocycles. The molecule has 0 saturated heterocycles. The molecule has 26 heavy (non-hydrogen) atoms. The molecule has 4 N–H and O–H groups in total. The minimum atomic E-state index is -3.29. The standard InChI is InChI=1S/C18H22N4O2S.HI/c1-25(23,24)22-17-7-2-4-13(10-17)12-20-18(19)21-16-9-8-14-5-3-6-15(14)11-16;/h2,4,7-11,22H,3,5-6,12H2,1H3,(H3,19,20,21);1H. The highest BCUT2D eigenvalue weighted by atomic mass is 127. The number of halogens is 1. The Morgan fingerprint density at radius 2 is 1.88 bits per heavy atom. The van der Waals surface area contributed by atoms with E-state index in [2.05, 4.69) is 27.2 Å². The summed E-state index contributed by atoms with van der Waals surface area (Å²) in [6, 6.07) is 13.4. The first kappa shape index (κ1) is 20.5. The zero-order chi connectivity index (χ0) is 17.9. The van der Waals surface area contributed by atoms with Crippen molar-refractivity contribution < 1.29 is 8.42 Å². The molecule has 0 aliphatic heterocycles. The van der Waals surface area contributed by atoms with E-state index in [0.717, 1.165) is 30.3 Å². The van der Waals surface area contributed by atoms with Gasteiger partial charge in [-0.25, -0.2) is 13.4 Å². The van der Waals surface area contributed by atoms with Gasteiger partial charge in [-0.15, -0.1) is 24.0 Å². The third kappa shape index (κ3) is 5.87. The van der Waals surface area contributed by atoms with Gasteiger partial charge in [-0.05, 0) is 60.2 Å².